The van der Waals surface area contributed by atoms with Crippen LogP contribution < -0.4 is 4.90 Å². The molecule has 0 aliphatic carbocycles. The number of hydrogen-bond donors (Lipinski definition) is 1. The number of nitrogens with one attached hydrogen (secondary N) is 1. The van der Waals surface area contributed by atoms with E-state index in [0.29, 0.717) is 6.04 Å². The van der Waals surface area contributed by atoms with Crippen molar-refractivity contribution in [3.8, 4) is 11.3 Å². The molecule has 28 heavy (non-hydrogen) atoms. The lowest BCUT2D eigenvalue weighted by atomic mass is 10.1. The van der Waals surface area contributed by atoms with Gasteiger partial charge in [0.1, 0.15) is 0 Å². The van der Waals surface area contributed by atoms with E-state index < -0.39 is 0 Å². The predicted molar refractivity (Wildman–Crippen MR) is 119 cm³/mol. The van der Waals surface area contributed by atoms with E-state index in [-0.39, 0.29) is 0 Å². The molecule has 1 aliphatic rings. The smallest absolute Gasteiger partial charge is 0.0458 e. The first kappa shape index (κ1) is 18.8. The third-order valence-electron chi connectivity index (χ3n) is 5.95. The average Bonchev–Trinajstić information content (AvgIpc) is 3.08. The molecular weight excluding hydrogens is 342 g/mol. The molecule has 1 unspecified atom stereocenters. The van der Waals surface area contributed by atoms with Crippen molar-refractivity contribution in [2.75, 3.05) is 31.1 Å². The van der Waals surface area contributed by atoms with Gasteiger partial charge in [-0.1, -0.05) is 42.5 Å². The van der Waals surface area contributed by atoms with Crippen LogP contribution in [0.2, 0.25) is 0 Å². The number of aromatic nitrogens is 1. The van der Waals surface area contributed by atoms with Crippen LogP contribution in [0.4, 0.5) is 5.69 Å². The fourth-order valence-electron chi connectivity index (χ4n) is 4.34. The lowest BCUT2D eigenvalue weighted by Gasteiger charge is -2.41. The third-order valence-corrected chi connectivity index (χ3v) is 5.95. The maximum absolute atomic E-state index is 3.56. The lowest BCUT2D eigenvalue weighted by molar-refractivity contribution is 0.231. The van der Waals surface area contributed by atoms with Crippen LogP contribution in [0.1, 0.15) is 23.7 Å². The molecule has 3 aromatic rings. The number of hydrogen-bond acceptors (Lipinski definition) is 2. The highest BCUT2D eigenvalue weighted by Gasteiger charge is 2.23. The Balaban J connectivity index is 1.36. The second kappa shape index (κ2) is 8.24. The van der Waals surface area contributed by atoms with E-state index in [0.717, 1.165) is 32.6 Å². The van der Waals surface area contributed by atoms with Crippen molar-refractivity contribution in [2.24, 2.45) is 0 Å². The number of aryl methyl sites for hydroxylation is 2. The van der Waals surface area contributed by atoms with Crippen LogP contribution in [0.15, 0.2) is 60.7 Å². The van der Waals surface area contributed by atoms with Gasteiger partial charge in [0.05, 0.1) is 0 Å². The van der Waals surface area contributed by atoms with Crippen LogP contribution >= 0.6 is 0 Å². The van der Waals surface area contributed by atoms with E-state index in [2.05, 4.69) is 96.2 Å². The molecule has 4 rings (SSSR count). The Morgan fingerprint density at radius 2 is 1.79 bits per heavy atom. The molecule has 0 saturated carbocycles. The van der Waals surface area contributed by atoms with Gasteiger partial charge in [0.2, 0.25) is 0 Å². The van der Waals surface area contributed by atoms with Crippen LogP contribution in [0.25, 0.3) is 11.3 Å². The minimum atomic E-state index is 0.544. The summed E-state index contributed by atoms with van der Waals surface area (Å²) < 4.78 is 0. The molecule has 1 atom stereocenters. The number of anilines is 1. The summed E-state index contributed by atoms with van der Waals surface area (Å²) in [6.07, 6.45) is 1.10. The number of H-pyrrole nitrogens is 1. The van der Waals surface area contributed by atoms with Crippen LogP contribution in [0.5, 0.6) is 0 Å². The zero-order valence-electron chi connectivity index (χ0n) is 17.3. The second-order valence-electron chi connectivity index (χ2n) is 8.13. The molecule has 3 heteroatoms. The van der Waals surface area contributed by atoms with E-state index in [9.17, 15) is 0 Å². The van der Waals surface area contributed by atoms with Crippen LogP contribution in [-0.4, -0.2) is 42.1 Å². The van der Waals surface area contributed by atoms with Gasteiger partial charge in [0, 0.05) is 49.3 Å². The lowest BCUT2D eigenvalue weighted by Crippen LogP contribution is -2.52. The van der Waals surface area contributed by atoms with Crippen molar-refractivity contribution in [1.82, 2.24) is 9.88 Å². The first-order valence-corrected chi connectivity index (χ1v) is 10.4. The fourth-order valence-corrected chi connectivity index (χ4v) is 4.34. The van der Waals surface area contributed by atoms with E-state index in [1.165, 1.54) is 33.8 Å². The minimum Gasteiger partial charge on any atom is -0.366 e. The Kier molecular flexibility index (Phi) is 5.54. The van der Waals surface area contributed by atoms with Crippen LogP contribution in [0.3, 0.4) is 0 Å². The monoisotopic (exact) mass is 373 g/mol. The van der Waals surface area contributed by atoms with Gasteiger partial charge in [0.15, 0.2) is 0 Å². The first-order valence-electron chi connectivity index (χ1n) is 10.4. The molecule has 1 saturated heterocycles. The Morgan fingerprint density at radius 1 is 0.964 bits per heavy atom. The maximum atomic E-state index is 3.56. The molecule has 1 aliphatic heterocycles. The summed E-state index contributed by atoms with van der Waals surface area (Å²) in [4.78, 5) is 8.74. The van der Waals surface area contributed by atoms with Gasteiger partial charge in [-0.2, -0.15) is 0 Å². The van der Waals surface area contributed by atoms with Gasteiger partial charge in [-0.15, -0.1) is 0 Å². The van der Waals surface area contributed by atoms with E-state index in [1.54, 1.807) is 0 Å². The molecule has 1 fully saturated rings. The normalized spacial score (nSPS) is 17.8. The van der Waals surface area contributed by atoms with Gasteiger partial charge in [0.25, 0.3) is 0 Å². The Bertz CT molecular complexity index is 913. The molecule has 146 valence electrons. The van der Waals surface area contributed by atoms with Crippen LogP contribution in [0, 0.1) is 13.8 Å². The molecule has 2 heterocycles. The number of nitrogens with zero attached hydrogens (tertiary/aromatic N) is 2. The summed E-state index contributed by atoms with van der Waals surface area (Å²) in [5.41, 5.74) is 7.92. The van der Waals surface area contributed by atoms with Crippen LogP contribution in [-0.2, 0) is 6.42 Å². The van der Waals surface area contributed by atoms with Crippen molar-refractivity contribution in [3.05, 3.63) is 77.5 Å². The van der Waals surface area contributed by atoms with Gasteiger partial charge in [-0.3, -0.25) is 4.90 Å². The van der Waals surface area contributed by atoms with Gasteiger partial charge < -0.3 is 9.88 Å². The molecule has 2 aromatic carbocycles. The van der Waals surface area contributed by atoms with Gasteiger partial charge in [-0.05, 0) is 62.1 Å². The molecule has 1 N–H and O–H groups in total. The van der Waals surface area contributed by atoms with Crippen molar-refractivity contribution in [1.29, 1.82) is 0 Å². The second-order valence-corrected chi connectivity index (χ2v) is 8.13. The fraction of sp³-hybridized carbons (Fsp3) is 0.360. The standard InChI is InChI=1S/C25H31N3/c1-19-8-7-11-24(16-19)28-15-14-27(18-20(28)2)13-12-23-17-25(26-21(23)3)22-9-5-4-6-10-22/h4-11,16-17,20,26H,12-15,18H2,1-3H3. The van der Waals surface area contributed by atoms with E-state index >= 15 is 0 Å². The zero-order valence-corrected chi connectivity index (χ0v) is 17.3. The minimum absolute atomic E-state index is 0.544. The summed E-state index contributed by atoms with van der Waals surface area (Å²) >= 11 is 0. The van der Waals surface area contributed by atoms with E-state index in [4.69, 9.17) is 0 Å². The highest BCUT2D eigenvalue weighted by Crippen LogP contribution is 2.24. The predicted octanol–water partition coefficient (Wildman–Crippen LogP) is 5.05. The molecule has 1 aromatic heterocycles. The number of rotatable bonds is 5. The van der Waals surface area contributed by atoms with E-state index in [1.807, 2.05) is 0 Å². The van der Waals surface area contributed by atoms with Crippen molar-refractivity contribution >= 4 is 5.69 Å². The zero-order chi connectivity index (χ0) is 19.5. The molecule has 0 spiro atoms. The Labute approximate surface area is 169 Å². The third kappa shape index (κ3) is 4.15. The summed E-state index contributed by atoms with van der Waals surface area (Å²) in [5.74, 6) is 0. The molecular formula is C25H31N3. The summed E-state index contributed by atoms with van der Waals surface area (Å²) in [5, 5.41) is 0. The van der Waals surface area contributed by atoms with Crippen molar-refractivity contribution in [2.45, 2.75) is 33.2 Å². The SMILES string of the molecule is Cc1cccc(N2CCN(CCc3cc(-c4ccccc4)[nH]c3C)CC2C)c1. The molecule has 3 nitrogen and oxygen atoms in total. The van der Waals surface area contributed by atoms with Gasteiger partial charge >= 0.3 is 0 Å². The molecule has 0 radical (unpaired) electrons. The Morgan fingerprint density at radius 3 is 2.54 bits per heavy atom. The largest absolute Gasteiger partial charge is 0.366 e. The molecule has 0 amide bonds. The summed E-state index contributed by atoms with van der Waals surface area (Å²) in [6, 6.07) is 22.4. The first-order chi connectivity index (χ1) is 13.6. The van der Waals surface area contributed by atoms with Crippen molar-refractivity contribution in [3.63, 3.8) is 0 Å². The average molecular weight is 374 g/mol. The number of aromatic amines is 1. The summed E-state index contributed by atoms with van der Waals surface area (Å²) in [7, 11) is 0. The summed E-state index contributed by atoms with van der Waals surface area (Å²) in [6.45, 7) is 11.2. The highest BCUT2D eigenvalue weighted by molar-refractivity contribution is 5.61. The molecule has 0 bridgehead atoms. The van der Waals surface area contributed by atoms with Crippen molar-refractivity contribution < 1.29 is 0 Å². The Hall–Kier alpha value is -2.52. The van der Waals surface area contributed by atoms with Gasteiger partial charge in [-0.25, -0.2) is 0 Å². The highest BCUT2D eigenvalue weighted by atomic mass is 15.3. The number of benzene rings is 2. The maximum Gasteiger partial charge on any atom is 0.0458 e. The topological polar surface area (TPSA) is 22.3 Å². The quantitative estimate of drug-likeness (QED) is 0.676. The number of piperazine rings is 1.